The Labute approximate surface area is 105 Å². The van der Waals surface area contributed by atoms with Gasteiger partial charge in [-0.05, 0) is 35.8 Å². The van der Waals surface area contributed by atoms with Gasteiger partial charge in [0.1, 0.15) is 0 Å². The van der Waals surface area contributed by atoms with Crippen LogP contribution in [0.25, 0.3) is 0 Å². The van der Waals surface area contributed by atoms with Crippen molar-refractivity contribution >= 4 is 0 Å². The van der Waals surface area contributed by atoms with Gasteiger partial charge in [0.05, 0.1) is 6.10 Å². The number of rotatable bonds is 3. The smallest absolute Gasteiger partial charge is 0.0631 e. The summed E-state index contributed by atoms with van der Waals surface area (Å²) in [5.74, 6) is 0.890. The normalized spacial score (nSPS) is 36.6. The summed E-state index contributed by atoms with van der Waals surface area (Å²) in [5.41, 5.74) is 2.84. The average molecular weight is 232 g/mol. The number of benzene rings is 1. The molecule has 0 bridgehead atoms. The van der Waals surface area contributed by atoms with Crippen LogP contribution in [0.15, 0.2) is 24.3 Å². The molecule has 2 rings (SSSR count). The van der Waals surface area contributed by atoms with Gasteiger partial charge in [-0.2, -0.15) is 0 Å². The van der Waals surface area contributed by atoms with Crippen molar-refractivity contribution in [2.75, 3.05) is 0 Å². The van der Waals surface area contributed by atoms with Gasteiger partial charge in [0, 0.05) is 5.41 Å². The quantitative estimate of drug-likeness (QED) is 0.841. The molecule has 1 N–H and O–H groups in total. The minimum Gasteiger partial charge on any atom is -0.392 e. The Morgan fingerprint density at radius 3 is 2.24 bits per heavy atom. The highest BCUT2D eigenvalue weighted by molar-refractivity contribution is 5.31. The molecule has 4 unspecified atom stereocenters. The zero-order valence-electron chi connectivity index (χ0n) is 11.4. The monoisotopic (exact) mass is 232 g/mol. The molecule has 94 valence electrons. The highest BCUT2D eigenvalue weighted by Crippen LogP contribution is 2.58. The average Bonchev–Trinajstić information content (AvgIpc) is 2.38. The van der Waals surface area contributed by atoms with Gasteiger partial charge < -0.3 is 5.11 Å². The van der Waals surface area contributed by atoms with Gasteiger partial charge in [0.25, 0.3) is 0 Å². The Hall–Kier alpha value is -0.820. The molecule has 0 aliphatic heterocycles. The summed E-state index contributed by atoms with van der Waals surface area (Å²) in [5, 5.41) is 10.2. The Kier molecular flexibility index (Phi) is 3.31. The van der Waals surface area contributed by atoms with Crippen LogP contribution in [0.4, 0.5) is 0 Å². The lowest BCUT2D eigenvalue weighted by molar-refractivity contribution is -0.129. The van der Waals surface area contributed by atoms with Crippen molar-refractivity contribution in [3.8, 4) is 0 Å². The van der Waals surface area contributed by atoms with Gasteiger partial charge in [-0.1, -0.05) is 52.0 Å². The molecule has 0 spiro atoms. The summed E-state index contributed by atoms with van der Waals surface area (Å²) < 4.78 is 0. The van der Waals surface area contributed by atoms with E-state index in [-0.39, 0.29) is 11.5 Å². The third kappa shape index (κ3) is 1.81. The topological polar surface area (TPSA) is 20.2 Å². The van der Waals surface area contributed by atoms with E-state index in [0.29, 0.717) is 11.8 Å². The van der Waals surface area contributed by atoms with Crippen molar-refractivity contribution in [2.45, 2.75) is 52.6 Å². The summed E-state index contributed by atoms with van der Waals surface area (Å²) in [6.07, 6.45) is 1.98. The second-order valence-corrected chi connectivity index (χ2v) is 5.74. The molecular formula is C16H24O. The molecule has 1 heteroatoms. The standard InChI is InChI=1S/C16H24O/c1-5-12-7-9-13(10-8-12)14-11(3)15(17)16(14,4)6-2/h7-11,14-15,17H,5-6H2,1-4H3. The van der Waals surface area contributed by atoms with Crippen molar-refractivity contribution in [3.05, 3.63) is 35.4 Å². The summed E-state index contributed by atoms with van der Waals surface area (Å²) in [4.78, 5) is 0. The van der Waals surface area contributed by atoms with E-state index in [4.69, 9.17) is 0 Å². The van der Waals surface area contributed by atoms with Crippen molar-refractivity contribution in [1.29, 1.82) is 0 Å². The van der Waals surface area contributed by atoms with Crippen LogP contribution in [0.5, 0.6) is 0 Å². The van der Waals surface area contributed by atoms with E-state index in [0.717, 1.165) is 12.8 Å². The zero-order chi connectivity index (χ0) is 12.6. The fraction of sp³-hybridized carbons (Fsp3) is 0.625. The van der Waals surface area contributed by atoms with E-state index < -0.39 is 0 Å². The first-order chi connectivity index (χ1) is 8.04. The molecule has 1 fully saturated rings. The molecule has 1 nitrogen and oxygen atoms in total. The first-order valence-corrected chi connectivity index (χ1v) is 6.81. The first-order valence-electron chi connectivity index (χ1n) is 6.81. The minimum atomic E-state index is -0.150. The maximum absolute atomic E-state index is 10.2. The lowest BCUT2D eigenvalue weighted by atomic mass is 9.50. The van der Waals surface area contributed by atoms with Gasteiger partial charge in [0.15, 0.2) is 0 Å². The maximum Gasteiger partial charge on any atom is 0.0631 e. The lowest BCUT2D eigenvalue weighted by Gasteiger charge is -2.57. The Balaban J connectivity index is 2.27. The zero-order valence-corrected chi connectivity index (χ0v) is 11.4. The van der Waals surface area contributed by atoms with Crippen LogP contribution in [0, 0.1) is 11.3 Å². The summed E-state index contributed by atoms with van der Waals surface area (Å²) in [6.45, 7) is 8.75. The molecular weight excluding hydrogens is 208 g/mol. The number of aliphatic hydroxyl groups is 1. The molecule has 4 atom stereocenters. The molecule has 0 aromatic heterocycles. The van der Waals surface area contributed by atoms with E-state index in [9.17, 15) is 5.11 Å². The van der Waals surface area contributed by atoms with E-state index in [2.05, 4.69) is 52.0 Å². The van der Waals surface area contributed by atoms with Crippen LogP contribution in [-0.4, -0.2) is 11.2 Å². The van der Waals surface area contributed by atoms with E-state index in [1.165, 1.54) is 11.1 Å². The summed E-state index contributed by atoms with van der Waals surface area (Å²) in [6, 6.07) is 8.95. The van der Waals surface area contributed by atoms with E-state index in [1.807, 2.05) is 0 Å². The molecule has 0 heterocycles. The second-order valence-electron chi connectivity index (χ2n) is 5.74. The van der Waals surface area contributed by atoms with Gasteiger partial charge >= 0.3 is 0 Å². The minimum absolute atomic E-state index is 0.0626. The third-order valence-corrected chi connectivity index (χ3v) is 4.92. The van der Waals surface area contributed by atoms with Crippen LogP contribution in [0.2, 0.25) is 0 Å². The molecule has 0 radical (unpaired) electrons. The fourth-order valence-corrected chi connectivity index (χ4v) is 3.52. The second kappa shape index (κ2) is 4.45. The number of aryl methyl sites for hydroxylation is 1. The van der Waals surface area contributed by atoms with Crippen molar-refractivity contribution < 1.29 is 5.11 Å². The Morgan fingerprint density at radius 1 is 1.18 bits per heavy atom. The highest BCUT2D eigenvalue weighted by Gasteiger charge is 2.55. The largest absolute Gasteiger partial charge is 0.392 e. The first kappa shape index (κ1) is 12.6. The van der Waals surface area contributed by atoms with Crippen LogP contribution >= 0.6 is 0 Å². The molecule has 1 aliphatic rings. The predicted molar refractivity (Wildman–Crippen MR) is 72.1 cm³/mol. The van der Waals surface area contributed by atoms with Crippen LogP contribution in [0.1, 0.15) is 51.2 Å². The van der Waals surface area contributed by atoms with Crippen molar-refractivity contribution in [2.24, 2.45) is 11.3 Å². The van der Waals surface area contributed by atoms with Crippen molar-refractivity contribution in [3.63, 3.8) is 0 Å². The maximum atomic E-state index is 10.2. The predicted octanol–water partition coefficient (Wildman–Crippen LogP) is 3.76. The molecule has 0 amide bonds. The molecule has 17 heavy (non-hydrogen) atoms. The van der Waals surface area contributed by atoms with Gasteiger partial charge in [-0.3, -0.25) is 0 Å². The molecule has 1 aromatic rings. The Bertz CT molecular complexity index is 381. The number of hydrogen-bond acceptors (Lipinski definition) is 1. The number of aliphatic hydroxyl groups excluding tert-OH is 1. The van der Waals surface area contributed by atoms with E-state index in [1.54, 1.807) is 0 Å². The van der Waals surface area contributed by atoms with E-state index >= 15 is 0 Å². The highest BCUT2D eigenvalue weighted by atomic mass is 16.3. The van der Waals surface area contributed by atoms with Crippen LogP contribution < -0.4 is 0 Å². The third-order valence-electron chi connectivity index (χ3n) is 4.92. The fourth-order valence-electron chi connectivity index (χ4n) is 3.52. The molecule has 1 aliphatic carbocycles. The lowest BCUT2D eigenvalue weighted by Crippen LogP contribution is -2.56. The van der Waals surface area contributed by atoms with Gasteiger partial charge in [0.2, 0.25) is 0 Å². The van der Waals surface area contributed by atoms with Gasteiger partial charge in [-0.25, -0.2) is 0 Å². The molecule has 1 aromatic carbocycles. The van der Waals surface area contributed by atoms with Crippen LogP contribution in [0.3, 0.4) is 0 Å². The molecule has 1 saturated carbocycles. The van der Waals surface area contributed by atoms with Crippen LogP contribution in [-0.2, 0) is 6.42 Å². The Morgan fingerprint density at radius 2 is 1.76 bits per heavy atom. The van der Waals surface area contributed by atoms with Crippen molar-refractivity contribution in [1.82, 2.24) is 0 Å². The SMILES string of the molecule is CCc1ccc(C2C(C)C(O)C2(C)CC)cc1. The molecule has 0 saturated heterocycles. The number of hydrogen-bond donors (Lipinski definition) is 1. The summed E-state index contributed by atoms with van der Waals surface area (Å²) >= 11 is 0. The summed E-state index contributed by atoms with van der Waals surface area (Å²) in [7, 11) is 0. The van der Waals surface area contributed by atoms with Gasteiger partial charge in [-0.15, -0.1) is 0 Å².